The van der Waals surface area contributed by atoms with E-state index in [4.69, 9.17) is 16.9 Å². The molecule has 1 atom stereocenters. The fraction of sp³-hybridized carbons (Fsp3) is 0.222. The standard InChI is InChI=1S/C18H17ClN2OS/c1-13(16-7-2-3-8-17(16)19)21-18(22)12-23-11-15-6-4-5-14(9-15)10-20/h2-9,13H,11-12H2,1H3,(H,21,22)/t13-/m0/s1. The molecule has 2 rings (SSSR count). The predicted octanol–water partition coefficient (Wildman–Crippen LogP) is 4.32. The molecular formula is C18H17ClN2OS. The average molecular weight is 345 g/mol. The Labute approximate surface area is 145 Å². The number of halogens is 1. The first-order chi connectivity index (χ1) is 11.1. The molecule has 3 nitrogen and oxygen atoms in total. The van der Waals surface area contributed by atoms with E-state index in [-0.39, 0.29) is 11.9 Å². The molecule has 118 valence electrons. The predicted molar refractivity (Wildman–Crippen MR) is 95.3 cm³/mol. The first-order valence-electron chi connectivity index (χ1n) is 7.20. The third kappa shape index (κ3) is 5.31. The Balaban J connectivity index is 1.81. The van der Waals surface area contributed by atoms with Gasteiger partial charge < -0.3 is 5.32 Å². The zero-order chi connectivity index (χ0) is 16.7. The third-order valence-corrected chi connectivity index (χ3v) is 4.66. The van der Waals surface area contributed by atoms with Crippen molar-refractivity contribution in [2.75, 3.05) is 5.75 Å². The number of benzene rings is 2. The lowest BCUT2D eigenvalue weighted by Crippen LogP contribution is -2.28. The topological polar surface area (TPSA) is 52.9 Å². The van der Waals surface area contributed by atoms with Crippen molar-refractivity contribution >= 4 is 29.3 Å². The van der Waals surface area contributed by atoms with Gasteiger partial charge in [0.05, 0.1) is 23.4 Å². The van der Waals surface area contributed by atoms with E-state index in [1.165, 1.54) is 11.8 Å². The van der Waals surface area contributed by atoms with Crippen LogP contribution in [-0.4, -0.2) is 11.7 Å². The molecule has 0 aliphatic heterocycles. The van der Waals surface area contributed by atoms with Crippen molar-refractivity contribution in [2.24, 2.45) is 0 Å². The van der Waals surface area contributed by atoms with Gasteiger partial charge in [-0.2, -0.15) is 5.26 Å². The highest BCUT2D eigenvalue weighted by Crippen LogP contribution is 2.22. The van der Waals surface area contributed by atoms with E-state index in [0.717, 1.165) is 11.1 Å². The Morgan fingerprint density at radius 3 is 2.83 bits per heavy atom. The van der Waals surface area contributed by atoms with E-state index in [1.54, 1.807) is 6.07 Å². The third-order valence-electron chi connectivity index (χ3n) is 3.31. The quantitative estimate of drug-likeness (QED) is 0.848. The Morgan fingerprint density at radius 1 is 1.30 bits per heavy atom. The maximum absolute atomic E-state index is 12.0. The summed E-state index contributed by atoms with van der Waals surface area (Å²) in [6.45, 7) is 1.92. The van der Waals surface area contributed by atoms with Crippen LogP contribution in [0, 0.1) is 11.3 Å². The van der Waals surface area contributed by atoms with Gasteiger partial charge in [-0.05, 0) is 36.2 Å². The molecule has 0 aliphatic rings. The summed E-state index contributed by atoms with van der Waals surface area (Å²) < 4.78 is 0. The Bertz CT molecular complexity index is 727. The van der Waals surface area contributed by atoms with Crippen molar-refractivity contribution in [3.05, 3.63) is 70.2 Å². The van der Waals surface area contributed by atoms with Crippen molar-refractivity contribution < 1.29 is 4.79 Å². The highest BCUT2D eigenvalue weighted by molar-refractivity contribution is 7.99. The van der Waals surface area contributed by atoms with E-state index in [2.05, 4.69) is 11.4 Å². The molecule has 0 saturated heterocycles. The van der Waals surface area contributed by atoms with Crippen LogP contribution < -0.4 is 5.32 Å². The molecule has 0 saturated carbocycles. The van der Waals surface area contributed by atoms with Crippen LogP contribution in [0.1, 0.15) is 29.7 Å². The number of nitrogens with zero attached hydrogens (tertiary/aromatic N) is 1. The van der Waals surface area contributed by atoms with Gasteiger partial charge in [-0.1, -0.05) is 41.9 Å². The summed E-state index contributed by atoms with van der Waals surface area (Å²) in [5.41, 5.74) is 2.59. The summed E-state index contributed by atoms with van der Waals surface area (Å²) in [6.07, 6.45) is 0. The van der Waals surface area contributed by atoms with Gasteiger partial charge in [0.1, 0.15) is 0 Å². The SMILES string of the molecule is C[C@H](NC(=O)CSCc1cccc(C#N)c1)c1ccccc1Cl. The zero-order valence-corrected chi connectivity index (χ0v) is 14.3. The van der Waals surface area contributed by atoms with Crippen LogP contribution in [0.4, 0.5) is 0 Å². The molecule has 5 heteroatoms. The van der Waals surface area contributed by atoms with Crippen LogP contribution in [0.3, 0.4) is 0 Å². The molecular weight excluding hydrogens is 328 g/mol. The molecule has 0 aliphatic carbocycles. The molecule has 0 unspecified atom stereocenters. The van der Waals surface area contributed by atoms with E-state index < -0.39 is 0 Å². The van der Waals surface area contributed by atoms with Crippen LogP contribution in [0.15, 0.2) is 48.5 Å². The molecule has 1 amide bonds. The first kappa shape index (κ1) is 17.4. The van der Waals surface area contributed by atoms with Crippen molar-refractivity contribution in [1.29, 1.82) is 5.26 Å². The van der Waals surface area contributed by atoms with Crippen molar-refractivity contribution in [2.45, 2.75) is 18.7 Å². The zero-order valence-electron chi connectivity index (χ0n) is 12.8. The van der Waals surface area contributed by atoms with Gasteiger partial charge >= 0.3 is 0 Å². The van der Waals surface area contributed by atoms with Gasteiger partial charge in [-0.25, -0.2) is 0 Å². The second-order valence-electron chi connectivity index (χ2n) is 5.12. The summed E-state index contributed by atoms with van der Waals surface area (Å²) >= 11 is 7.65. The normalized spacial score (nSPS) is 11.5. The summed E-state index contributed by atoms with van der Waals surface area (Å²) in [7, 11) is 0. The molecule has 1 N–H and O–H groups in total. The summed E-state index contributed by atoms with van der Waals surface area (Å²) in [5, 5.41) is 12.5. The number of amides is 1. The second-order valence-corrected chi connectivity index (χ2v) is 6.51. The number of hydrogen-bond acceptors (Lipinski definition) is 3. The lowest BCUT2D eigenvalue weighted by molar-refractivity contribution is -0.119. The molecule has 0 aromatic heterocycles. The molecule has 0 bridgehead atoms. The van der Waals surface area contributed by atoms with E-state index >= 15 is 0 Å². The molecule has 2 aromatic carbocycles. The Kier molecular flexibility index (Phi) is 6.52. The fourth-order valence-corrected chi connectivity index (χ4v) is 3.26. The number of carbonyl (C=O) groups excluding carboxylic acids is 1. The number of rotatable bonds is 6. The number of carbonyl (C=O) groups is 1. The lowest BCUT2D eigenvalue weighted by Gasteiger charge is -2.15. The van der Waals surface area contributed by atoms with Crippen molar-refractivity contribution in [1.82, 2.24) is 5.32 Å². The minimum Gasteiger partial charge on any atom is -0.349 e. The van der Waals surface area contributed by atoms with Crippen LogP contribution in [0.5, 0.6) is 0 Å². The number of thioether (sulfide) groups is 1. The number of nitrogens with one attached hydrogen (secondary N) is 1. The molecule has 0 heterocycles. The highest BCUT2D eigenvalue weighted by Gasteiger charge is 2.12. The second kappa shape index (κ2) is 8.61. The van der Waals surface area contributed by atoms with Gasteiger partial charge in [-0.3, -0.25) is 4.79 Å². The minimum atomic E-state index is -0.126. The maximum atomic E-state index is 12.0. The summed E-state index contributed by atoms with van der Waals surface area (Å²) in [5.74, 6) is 1.04. The van der Waals surface area contributed by atoms with Gasteiger partial charge in [0.15, 0.2) is 0 Å². The molecule has 0 radical (unpaired) electrons. The van der Waals surface area contributed by atoms with Gasteiger partial charge in [0.25, 0.3) is 0 Å². The van der Waals surface area contributed by atoms with Crippen LogP contribution in [-0.2, 0) is 10.5 Å². The number of hydrogen-bond donors (Lipinski definition) is 1. The highest BCUT2D eigenvalue weighted by atomic mass is 35.5. The molecule has 0 spiro atoms. The van der Waals surface area contributed by atoms with Crippen LogP contribution >= 0.6 is 23.4 Å². The smallest absolute Gasteiger partial charge is 0.230 e. The maximum Gasteiger partial charge on any atom is 0.230 e. The minimum absolute atomic E-state index is 0.0288. The average Bonchev–Trinajstić information content (AvgIpc) is 2.55. The van der Waals surface area contributed by atoms with E-state index in [0.29, 0.717) is 22.1 Å². The molecule has 23 heavy (non-hydrogen) atoms. The first-order valence-corrected chi connectivity index (χ1v) is 8.74. The molecule has 0 fully saturated rings. The lowest BCUT2D eigenvalue weighted by atomic mass is 10.1. The van der Waals surface area contributed by atoms with Crippen molar-refractivity contribution in [3.63, 3.8) is 0 Å². The largest absolute Gasteiger partial charge is 0.349 e. The Morgan fingerprint density at radius 2 is 2.09 bits per heavy atom. The van der Waals surface area contributed by atoms with Gasteiger partial charge in [0, 0.05) is 10.8 Å². The van der Waals surface area contributed by atoms with Gasteiger partial charge in [0.2, 0.25) is 5.91 Å². The fourth-order valence-electron chi connectivity index (χ4n) is 2.18. The monoisotopic (exact) mass is 344 g/mol. The van der Waals surface area contributed by atoms with Crippen LogP contribution in [0.25, 0.3) is 0 Å². The van der Waals surface area contributed by atoms with Crippen molar-refractivity contribution in [3.8, 4) is 6.07 Å². The van der Waals surface area contributed by atoms with E-state index in [1.807, 2.05) is 49.4 Å². The summed E-state index contributed by atoms with van der Waals surface area (Å²) in [4.78, 5) is 12.0. The van der Waals surface area contributed by atoms with Crippen LogP contribution in [0.2, 0.25) is 5.02 Å². The Hall–Kier alpha value is -1.96. The van der Waals surface area contributed by atoms with E-state index in [9.17, 15) is 4.79 Å². The number of nitriles is 1. The molecule has 2 aromatic rings. The van der Waals surface area contributed by atoms with Gasteiger partial charge in [-0.15, -0.1) is 11.8 Å². The summed E-state index contributed by atoms with van der Waals surface area (Å²) in [6, 6.07) is 16.9.